The number of halogens is 1. The summed E-state index contributed by atoms with van der Waals surface area (Å²) >= 11 is 5.94. The van der Waals surface area contributed by atoms with Crippen molar-refractivity contribution in [3.05, 3.63) is 40.7 Å². The molecule has 0 atom stereocenters. The van der Waals surface area contributed by atoms with Gasteiger partial charge in [0.25, 0.3) is 0 Å². The predicted octanol–water partition coefficient (Wildman–Crippen LogP) is 2.47. The van der Waals surface area contributed by atoms with Gasteiger partial charge in [0.1, 0.15) is 6.54 Å². The zero-order valence-corrected chi connectivity index (χ0v) is 15.0. The molecule has 1 aromatic heterocycles. The average Bonchev–Trinajstić information content (AvgIpc) is 3.15. The first kappa shape index (κ1) is 16.9. The summed E-state index contributed by atoms with van der Waals surface area (Å²) in [5.74, 6) is 0.531. The lowest BCUT2D eigenvalue weighted by molar-refractivity contribution is -0.122. The smallest absolute Gasteiger partial charge is 0.243 e. The van der Waals surface area contributed by atoms with Crippen molar-refractivity contribution < 1.29 is 4.79 Å². The Labute approximate surface area is 146 Å². The van der Waals surface area contributed by atoms with Crippen LogP contribution in [0.3, 0.4) is 0 Å². The molecular formula is C17H22ClN5O. The molecule has 7 heteroatoms. The molecule has 1 aliphatic rings. The molecule has 1 aliphatic carbocycles. The molecule has 3 rings (SSSR count). The van der Waals surface area contributed by atoms with Crippen molar-refractivity contribution in [1.29, 1.82) is 0 Å². The fraction of sp³-hybridized carbons (Fsp3) is 0.529. The highest BCUT2D eigenvalue weighted by molar-refractivity contribution is 6.30. The Hall–Kier alpha value is -1.95. The van der Waals surface area contributed by atoms with Crippen LogP contribution in [0.15, 0.2) is 24.3 Å². The van der Waals surface area contributed by atoms with Crippen molar-refractivity contribution in [3.63, 3.8) is 0 Å². The molecule has 1 heterocycles. The fourth-order valence-corrected chi connectivity index (χ4v) is 2.71. The third-order valence-corrected chi connectivity index (χ3v) is 4.59. The number of rotatable bonds is 5. The molecule has 1 amide bonds. The van der Waals surface area contributed by atoms with Gasteiger partial charge in [-0.25, -0.2) is 0 Å². The van der Waals surface area contributed by atoms with Crippen LogP contribution in [0.5, 0.6) is 0 Å². The van der Waals surface area contributed by atoms with E-state index >= 15 is 0 Å². The Morgan fingerprint density at radius 1 is 1.29 bits per heavy atom. The first-order valence-electron chi connectivity index (χ1n) is 8.10. The molecule has 6 nitrogen and oxygen atoms in total. The number of hydrogen-bond acceptors (Lipinski definition) is 4. The monoisotopic (exact) mass is 347 g/mol. The Kier molecular flexibility index (Phi) is 4.34. The standard InChI is InChI=1S/C17H22ClN5O/c1-16(2,3)15-20-22-23(21-15)10-14(24)19-11-17(8-9-17)12-4-6-13(18)7-5-12/h4-7H,8-11H2,1-3H3,(H,19,24). The maximum absolute atomic E-state index is 12.2. The normalized spacial score (nSPS) is 16.0. The highest BCUT2D eigenvalue weighted by Crippen LogP contribution is 2.47. The van der Waals surface area contributed by atoms with Gasteiger partial charge in [-0.05, 0) is 35.8 Å². The van der Waals surface area contributed by atoms with E-state index in [9.17, 15) is 4.79 Å². The first-order valence-corrected chi connectivity index (χ1v) is 8.47. The van der Waals surface area contributed by atoms with Crippen LogP contribution in [-0.4, -0.2) is 32.7 Å². The Bertz CT molecular complexity index is 728. The van der Waals surface area contributed by atoms with Crippen molar-refractivity contribution in [1.82, 2.24) is 25.5 Å². The van der Waals surface area contributed by atoms with Gasteiger partial charge in [0.05, 0.1) is 0 Å². The van der Waals surface area contributed by atoms with E-state index in [4.69, 9.17) is 11.6 Å². The maximum Gasteiger partial charge on any atom is 0.243 e. The topological polar surface area (TPSA) is 72.7 Å². The number of carbonyl (C=O) groups is 1. The number of carbonyl (C=O) groups excluding carboxylic acids is 1. The molecule has 1 saturated carbocycles. The third-order valence-electron chi connectivity index (χ3n) is 4.34. The van der Waals surface area contributed by atoms with E-state index in [2.05, 4.69) is 20.7 Å². The average molecular weight is 348 g/mol. The van der Waals surface area contributed by atoms with Crippen LogP contribution in [0, 0.1) is 0 Å². The van der Waals surface area contributed by atoms with E-state index in [0.717, 1.165) is 17.9 Å². The molecule has 0 spiro atoms. The van der Waals surface area contributed by atoms with Crippen molar-refractivity contribution in [3.8, 4) is 0 Å². The number of aromatic nitrogens is 4. The van der Waals surface area contributed by atoms with E-state index in [0.29, 0.717) is 12.4 Å². The largest absolute Gasteiger partial charge is 0.354 e. The molecule has 0 radical (unpaired) electrons. The van der Waals surface area contributed by atoms with E-state index < -0.39 is 0 Å². The molecule has 1 fully saturated rings. The van der Waals surface area contributed by atoms with Crippen LogP contribution in [0.4, 0.5) is 0 Å². The highest BCUT2D eigenvalue weighted by Gasteiger charge is 2.44. The van der Waals surface area contributed by atoms with Crippen LogP contribution in [-0.2, 0) is 22.2 Å². The molecule has 0 bridgehead atoms. The van der Waals surface area contributed by atoms with Crippen LogP contribution in [0.2, 0.25) is 5.02 Å². The SMILES string of the molecule is CC(C)(C)c1nnn(CC(=O)NCC2(c3ccc(Cl)cc3)CC2)n1. The molecule has 0 saturated heterocycles. The maximum atomic E-state index is 12.2. The minimum absolute atomic E-state index is 0.0482. The summed E-state index contributed by atoms with van der Waals surface area (Å²) in [6.45, 7) is 6.74. The van der Waals surface area contributed by atoms with Crippen molar-refractivity contribution in [2.75, 3.05) is 6.54 Å². The fourth-order valence-electron chi connectivity index (χ4n) is 2.58. The Morgan fingerprint density at radius 2 is 1.96 bits per heavy atom. The van der Waals surface area contributed by atoms with Gasteiger partial charge >= 0.3 is 0 Å². The second-order valence-corrected chi connectivity index (χ2v) is 7.89. The number of benzene rings is 1. The second kappa shape index (κ2) is 6.16. The van der Waals surface area contributed by atoms with Gasteiger partial charge in [0, 0.05) is 22.4 Å². The summed E-state index contributed by atoms with van der Waals surface area (Å²) in [6.07, 6.45) is 2.15. The number of nitrogens with zero attached hydrogens (tertiary/aromatic N) is 4. The van der Waals surface area contributed by atoms with Gasteiger partial charge in [-0.2, -0.15) is 4.80 Å². The molecule has 1 aromatic carbocycles. The van der Waals surface area contributed by atoms with Crippen LogP contribution in [0.1, 0.15) is 45.0 Å². The summed E-state index contributed by atoms with van der Waals surface area (Å²) < 4.78 is 0. The number of nitrogens with one attached hydrogen (secondary N) is 1. The van der Waals surface area contributed by atoms with Crippen molar-refractivity contribution in [2.45, 2.75) is 51.0 Å². The molecule has 0 unspecified atom stereocenters. The molecule has 2 aromatic rings. The Balaban J connectivity index is 1.56. The van der Waals surface area contributed by atoms with Crippen LogP contribution in [0.25, 0.3) is 0 Å². The zero-order chi connectivity index (χ0) is 17.4. The van der Waals surface area contributed by atoms with Gasteiger partial charge < -0.3 is 5.32 Å². The lowest BCUT2D eigenvalue weighted by atomic mass is 9.96. The summed E-state index contributed by atoms with van der Waals surface area (Å²) in [6, 6.07) is 7.87. The molecule has 128 valence electrons. The number of amides is 1. The highest BCUT2D eigenvalue weighted by atomic mass is 35.5. The predicted molar refractivity (Wildman–Crippen MR) is 91.9 cm³/mol. The van der Waals surface area contributed by atoms with Gasteiger partial charge in [-0.15, -0.1) is 10.2 Å². The first-order chi connectivity index (χ1) is 11.3. The van der Waals surface area contributed by atoms with Crippen molar-refractivity contribution >= 4 is 17.5 Å². The lowest BCUT2D eigenvalue weighted by Gasteiger charge is -2.16. The van der Waals surface area contributed by atoms with Gasteiger partial charge in [0.15, 0.2) is 5.82 Å². The van der Waals surface area contributed by atoms with Crippen LogP contribution >= 0.6 is 11.6 Å². The quantitative estimate of drug-likeness (QED) is 0.901. The minimum atomic E-state index is -0.179. The van der Waals surface area contributed by atoms with E-state index in [1.165, 1.54) is 10.4 Å². The molecule has 24 heavy (non-hydrogen) atoms. The molecular weight excluding hydrogens is 326 g/mol. The summed E-state index contributed by atoms with van der Waals surface area (Å²) in [5, 5.41) is 15.9. The number of tetrazole rings is 1. The van der Waals surface area contributed by atoms with E-state index in [1.807, 2.05) is 45.0 Å². The van der Waals surface area contributed by atoms with Gasteiger partial charge in [0.2, 0.25) is 5.91 Å². The second-order valence-electron chi connectivity index (χ2n) is 7.46. The van der Waals surface area contributed by atoms with E-state index in [-0.39, 0.29) is 23.3 Å². The summed E-state index contributed by atoms with van der Waals surface area (Å²) in [5.41, 5.74) is 1.09. The minimum Gasteiger partial charge on any atom is -0.354 e. The number of hydrogen-bond donors (Lipinski definition) is 1. The third kappa shape index (κ3) is 3.75. The van der Waals surface area contributed by atoms with Gasteiger partial charge in [-0.1, -0.05) is 44.5 Å². The van der Waals surface area contributed by atoms with Gasteiger partial charge in [-0.3, -0.25) is 4.79 Å². The van der Waals surface area contributed by atoms with Crippen LogP contribution < -0.4 is 5.32 Å². The summed E-state index contributed by atoms with van der Waals surface area (Å²) in [4.78, 5) is 13.5. The lowest BCUT2D eigenvalue weighted by Crippen LogP contribution is -2.35. The molecule has 1 N–H and O–H groups in total. The van der Waals surface area contributed by atoms with Crippen molar-refractivity contribution in [2.24, 2.45) is 0 Å². The summed E-state index contributed by atoms with van der Waals surface area (Å²) in [7, 11) is 0. The van der Waals surface area contributed by atoms with E-state index in [1.54, 1.807) is 0 Å². The molecule has 0 aliphatic heterocycles. The Morgan fingerprint density at radius 3 is 2.50 bits per heavy atom. The zero-order valence-electron chi connectivity index (χ0n) is 14.2.